The second-order valence-corrected chi connectivity index (χ2v) is 2.28. The molecule has 2 nitrogen and oxygen atoms in total. The van der Waals surface area contributed by atoms with Crippen molar-refractivity contribution in [3.8, 4) is 0 Å². The van der Waals surface area contributed by atoms with Crippen LogP contribution < -0.4 is 0 Å². The summed E-state index contributed by atoms with van der Waals surface area (Å²) in [6.45, 7) is 6.94. The molecule has 0 N–H and O–H groups in total. The van der Waals surface area contributed by atoms with Gasteiger partial charge in [0.2, 0.25) is 0 Å². The molecule has 0 heterocycles. The summed E-state index contributed by atoms with van der Waals surface area (Å²) in [6.07, 6.45) is 2.76. The first-order valence-electron chi connectivity index (χ1n) is 3.01. The lowest BCUT2D eigenvalue weighted by Gasteiger charge is -1.99. The summed E-state index contributed by atoms with van der Waals surface area (Å²) >= 11 is 0. The van der Waals surface area contributed by atoms with Crippen LogP contribution >= 0.6 is 9.03 Å². The van der Waals surface area contributed by atoms with Crippen LogP contribution in [0.4, 0.5) is 0 Å². The Labute approximate surface area is 58.2 Å². The van der Waals surface area contributed by atoms with E-state index < -0.39 is 0 Å². The van der Waals surface area contributed by atoms with Crippen LogP contribution in [-0.4, -0.2) is 13.2 Å². The Morgan fingerprint density at radius 2 is 2.33 bits per heavy atom. The van der Waals surface area contributed by atoms with Crippen LogP contribution in [0, 0.1) is 0 Å². The summed E-state index contributed by atoms with van der Waals surface area (Å²) in [7, 11) is 0.175. The lowest BCUT2D eigenvalue weighted by molar-refractivity contribution is 0.285. The monoisotopic (exact) mass is 148 g/mol. The molecule has 0 aliphatic rings. The second kappa shape index (κ2) is 8.09. The van der Waals surface area contributed by atoms with Gasteiger partial charge in [0.05, 0.1) is 13.2 Å². The average Bonchev–Trinajstić information content (AvgIpc) is 1.89. The molecule has 0 amide bonds. The first-order chi connectivity index (χ1) is 4.41. The fraction of sp³-hybridized carbons (Fsp3) is 0.667. The predicted molar refractivity (Wildman–Crippen MR) is 40.7 cm³/mol. The van der Waals surface area contributed by atoms with Crippen molar-refractivity contribution >= 4 is 9.03 Å². The molecule has 0 aliphatic heterocycles. The van der Waals surface area contributed by atoms with Crippen molar-refractivity contribution in [1.82, 2.24) is 0 Å². The van der Waals surface area contributed by atoms with E-state index in [-0.39, 0.29) is 9.03 Å². The first kappa shape index (κ1) is 9.09. The van der Waals surface area contributed by atoms with Crippen molar-refractivity contribution in [2.75, 3.05) is 13.2 Å². The van der Waals surface area contributed by atoms with Gasteiger partial charge in [-0.1, -0.05) is 13.0 Å². The van der Waals surface area contributed by atoms with E-state index in [1.165, 1.54) is 0 Å². The zero-order valence-corrected chi connectivity index (χ0v) is 6.72. The molecular weight excluding hydrogens is 135 g/mol. The smallest absolute Gasteiger partial charge is 0.155 e. The topological polar surface area (TPSA) is 18.5 Å². The highest BCUT2D eigenvalue weighted by molar-refractivity contribution is 7.26. The number of rotatable bonds is 6. The van der Waals surface area contributed by atoms with E-state index in [2.05, 4.69) is 13.5 Å². The van der Waals surface area contributed by atoms with Crippen molar-refractivity contribution in [2.45, 2.75) is 13.3 Å². The highest BCUT2D eigenvalue weighted by atomic mass is 31.1. The van der Waals surface area contributed by atoms with Crippen molar-refractivity contribution < 1.29 is 9.05 Å². The predicted octanol–water partition coefficient (Wildman–Crippen LogP) is 2.12. The summed E-state index contributed by atoms with van der Waals surface area (Å²) < 4.78 is 10.0. The first-order valence-corrected chi connectivity index (χ1v) is 3.83. The van der Waals surface area contributed by atoms with Gasteiger partial charge in [-0.2, -0.15) is 0 Å². The maximum absolute atomic E-state index is 5.04. The molecular formula is C6H13O2P. The molecule has 0 saturated heterocycles. The van der Waals surface area contributed by atoms with Gasteiger partial charge >= 0.3 is 0 Å². The molecule has 0 aliphatic carbocycles. The van der Waals surface area contributed by atoms with Gasteiger partial charge in [0, 0.05) is 0 Å². The SMILES string of the molecule is C=CCOPOCCC. The fourth-order valence-electron chi connectivity index (χ4n) is 0.278. The summed E-state index contributed by atoms with van der Waals surface area (Å²) in [5.41, 5.74) is 0. The van der Waals surface area contributed by atoms with Crippen molar-refractivity contribution in [1.29, 1.82) is 0 Å². The standard InChI is InChI=1S/C6H13O2P/c1-3-5-7-9-8-6-4-2/h3,9H,1,4-6H2,2H3. The van der Waals surface area contributed by atoms with E-state index in [4.69, 9.17) is 9.05 Å². The zero-order chi connectivity index (χ0) is 6.95. The molecule has 0 aromatic carbocycles. The third-order valence-electron chi connectivity index (χ3n) is 0.625. The van der Waals surface area contributed by atoms with Gasteiger partial charge in [-0.3, -0.25) is 0 Å². The lowest BCUT2D eigenvalue weighted by Crippen LogP contribution is -1.83. The van der Waals surface area contributed by atoms with E-state index in [9.17, 15) is 0 Å². The Bertz CT molecular complexity index is 66.1. The molecule has 0 rings (SSSR count). The van der Waals surface area contributed by atoms with E-state index >= 15 is 0 Å². The van der Waals surface area contributed by atoms with E-state index in [1.54, 1.807) is 6.08 Å². The summed E-state index contributed by atoms with van der Waals surface area (Å²) in [6, 6.07) is 0. The summed E-state index contributed by atoms with van der Waals surface area (Å²) in [5, 5.41) is 0. The minimum absolute atomic E-state index is 0.175. The highest BCUT2D eigenvalue weighted by Gasteiger charge is 1.82. The Balaban J connectivity index is 2.66. The molecule has 0 radical (unpaired) electrons. The molecule has 0 fully saturated rings. The van der Waals surface area contributed by atoms with Crippen LogP contribution in [0.3, 0.4) is 0 Å². The normalized spacial score (nSPS) is 10.8. The van der Waals surface area contributed by atoms with Crippen LogP contribution in [0.1, 0.15) is 13.3 Å². The van der Waals surface area contributed by atoms with Gasteiger partial charge in [-0.05, 0) is 6.42 Å². The molecule has 1 unspecified atom stereocenters. The van der Waals surface area contributed by atoms with Crippen molar-refractivity contribution in [3.05, 3.63) is 12.7 Å². The van der Waals surface area contributed by atoms with Crippen LogP contribution in [0.5, 0.6) is 0 Å². The third kappa shape index (κ3) is 8.09. The van der Waals surface area contributed by atoms with Crippen LogP contribution in [-0.2, 0) is 9.05 Å². The van der Waals surface area contributed by atoms with E-state index in [0.29, 0.717) is 6.61 Å². The van der Waals surface area contributed by atoms with Gasteiger partial charge in [0.1, 0.15) is 0 Å². The van der Waals surface area contributed by atoms with Gasteiger partial charge in [0.15, 0.2) is 9.03 Å². The number of hydrogen-bond acceptors (Lipinski definition) is 2. The van der Waals surface area contributed by atoms with Gasteiger partial charge in [-0.25, -0.2) is 0 Å². The van der Waals surface area contributed by atoms with Gasteiger partial charge < -0.3 is 9.05 Å². The van der Waals surface area contributed by atoms with E-state index in [1.807, 2.05) is 0 Å². The Morgan fingerprint density at radius 1 is 1.56 bits per heavy atom. The second-order valence-electron chi connectivity index (χ2n) is 1.53. The minimum atomic E-state index is 0.175. The quantitative estimate of drug-likeness (QED) is 0.326. The Hall–Kier alpha value is 0.0900. The molecule has 0 aromatic rings. The average molecular weight is 148 g/mol. The zero-order valence-electron chi connectivity index (χ0n) is 5.72. The van der Waals surface area contributed by atoms with Gasteiger partial charge in [0.25, 0.3) is 0 Å². The molecule has 3 heteroatoms. The van der Waals surface area contributed by atoms with Crippen LogP contribution in [0.2, 0.25) is 0 Å². The molecule has 0 bridgehead atoms. The van der Waals surface area contributed by atoms with Gasteiger partial charge in [-0.15, -0.1) is 6.58 Å². The van der Waals surface area contributed by atoms with E-state index in [0.717, 1.165) is 13.0 Å². The van der Waals surface area contributed by atoms with Crippen molar-refractivity contribution in [2.24, 2.45) is 0 Å². The van der Waals surface area contributed by atoms with Crippen LogP contribution in [0.25, 0.3) is 0 Å². The maximum Gasteiger partial charge on any atom is 0.155 e. The maximum atomic E-state index is 5.04. The molecule has 0 spiro atoms. The highest BCUT2D eigenvalue weighted by Crippen LogP contribution is 2.12. The summed E-state index contributed by atoms with van der Waals surface area (Å²) in [5.74, 6) is 0. The molecule has 54 valence electrons. The fourth-order valence-corrected chi connectivity index (χ4v) is 0.835. The largest absolute Gasteiger partial charge is 0.336 e. The van der Waals surface area contributed by atoms with Crippen LogP contribution in [0.15, 0.2) is 12.7 Å². The Morgan fingerprint density at radius 3 is 2.89 bits per heavy atom. The minimum Gasteiger partial charge on any atom is -0.336 e. The molecule has 0 saturated carbocycles. The molecule has 1 atom stereocenters. The van der Waals surface area contributed by atoms with Crippen molar-refractivity contribution in [3.63, 3.8) is 0 Å². The molecule has 0 aromatic heterocycles. The lowest BCUT2D eigenvalue weighted by atomic mass is 10.5. The Kier molecular flexibility index (Phi) is 8.17. The molecule has 9 heavy (non-hydrogen) atoms. The third-order valence-corrected chi connectivity index (χ3v) is 1.23. The summed E-state index contributed by atoms with van der Waals surface area (Å²) in [4.78, 5) is 0. The number of hydrogen-bond donors (Lipinski definition) is 0.